The van der Waals surface area contributed by atoms with E-state index in [1.807, 2.05) is 0 Å². The molecule has 110 valence electrons. The van der Waals surface area contributed by atoms with E-state index in [1.165, 1.54) is 10.4 Å². The Labute approximate surface area is 134 Å². The van der Waals surface area contributed by atoms with Crippen LogP contribution in [-0.2, 0) is 14.8 Å². The van der Waals surface area contributed by atoms with Gasteiger partial charge >= 0.3 is 5.97 Å². The SMILES string of the molecule is CC(C(=O)O)C1CN(S(=O)(=O)c2ccc(Br)cc2Br)C1. The highest BCUT2D eigenvalue weighted by molar-refractivity contribution is 9.11. The van der Waals surface area contributed by atoms with E-state index in [0.29, 0.717) is 4.47 Å². The van der Waals surface area contributed by atoms with E-state index in [-0.39, 0.29) is 23.9 Å². The van der Waals surface area contributed by atoms with Gasteiger partial charge in [0.1, 0.15) is 0 Å². The first-order valence-corrected chi connectivity index (χ1v) is 8.94. The van der Waals surface area contributed by atoms with Crippen molar-refractivity contribution in [3.8, 4) is 0 Å². The Morgan fingerprint density at radius 2 is 2.00 bits per heavy atom. The summed E-state index contributed by atoms with van der Waals surface area (Å²) in [7, 11) is -3.57. The van der Waals surface area contributed by atoms with Gasteiger partial charge in [0.2, 0.25) is 10.0 Å². The summed E-state index contributed by atoms with van der Waals surface area (Å²) in [5.74, 6) is -1.55. The molecule has 0 saturated carbocycles. The average Bonchev–Trinajstić information content (AvgIpc) is 2.25. The van der Waals surface area contributed by atoms with Crippen LogP contribution in [-0.4, -0.2) is 36.9 Å². The van der Waals surface area contributed by atoms with Crippen LogP contribution in [0.3, 0.4) is 0 Å². The Morgan fingerprint density at radius 3 is 2.50 bits per heavy atom. The Kier molecular flexibility index (Phi) is 4.58. The molecular weight excluding hydrogens is 414 g/mol. The second-order valence-electron chi connectivity index (χ2n) is 4.78. The molecule has 0 spiro atoms. The van der Waals surface area contributed by atoms with Gasteiger partial charge in [0, 0.05) is 22.0 Å². The van der Waals surface area contributed by atoms with Crippen molar-refractivity contribution in [2.75, 3.05) is 13.1 Å². The van der Waals surface area contributed by atoms with Crippen LogP contribution >= 0.6 is 31.9 Å². The van der Waals surface area contributed by atoms with Crippen LogP contribution in [0.25, 0.3) is 0 Å². The number of halogens is 2. The van der Waals surface area contributed by atoms with E-state index < -0.39 is 21.9 Å². The fourth-order valence-electron chi connectivity index (χ4n) is 2.01. The third-order valence-corrected chi connectivity index (χ3v) is 6.79. The zero-order chi connectivity index (χ0) is 15.1. The molecule has 0 bridgehead atoms. The van der Waals surface area contributed by atoms with Gasteiger partial charge in [-0.15, -0.1) is 0 Å². The fourth-order valence-corrected chi connectivity index (χ4v) is 5.27. The van der Waals surface area contributed by atoms with Gasteiger partial charge in [-0.05, 0) is 40.0 Å². The zero-order valence-corrected chi connectivity index (χ0v) is 14.6. The largest absolute Gasteiger partial charge is 0.481 e. The van der Waals surface area contributed by atoms with Crippen molar-refractivity contribution in [3.05, 3.63) is 27.1 Å². The van der Waals surface area contributed by atoms with Gasteiger partial charge in [0.05, 0.1) is 10.8 Å². The highest BCUT2D eigenvalue weighted by Gasteiger charge is 2.41. The van der Waals surface area contributed by atoms with Crippen molar-refractivity contribution in [1.82, 2.24) is 4.31 Å². The lowest BCUT2D eigenvalue weighted by Crippen LogP contribution is -2.53. The first kappa shape index (κ1) is 15.9. The van der Waals surface area contributed by atoms with Crippen LogP contribution in [0.4, 0.5) is 0 Å². The summed E-state index contributed by atoms with van der Waals surface area (Å²) in [5, 5.41) is 8.92. The van der Waals surface area contributed by atoms with Gasteiger partial charge in [-0.2, -0.15) is 4.31 Å². The Morgan fingerprint density at radius 1 is 1.40 bits per heavy atom. The summed E-state index contributed by atoms with van der Waals surface area (Å²) >= 11 is 6.51. The average molecular weight is 427 g/mol. The molecule has 5 nitrogen and oxygen atoms in total. The van der Waals surface area contributed by atoms with Crippen molar-refractivity contribution in [3.63, 3.8) is 0 Å². The number of sulfonamides is 1. The quantitative estimate of drug-likeness (QED) is 0.802. The number of aliphatic carboxylic acids is 1. The summed E-state index contributed by atoms with van der Waals surface area (Å²) in [4.78, 5) is 11.1. The fraction of sp³-hybridized carbons (Fsp3) is 0.417. The Hall–Kier alpha value is -0.440. The molecule has 1 N–H and O–H groups in total. The van der Waals surface area contributed by atoms with Gasteiger partial charge in [0.15, 0.2) is 0 Å². The lowest BCUT2D eigenvalue weighted by Gasteiger charge is -2.40. The maximum absolute atomic E-state index is 12.4. The molecule has 1 aromatic rings. The van der Waals surface area contributed by atoms with E-state index in [1.54, 1.807) is 19.1 Å². The predicted molar refractivity (Wildman–Crippen MR) is 80.9 cm³/mol. The predicted octanol–water partition coefficient (Wildman–Crippen LogP) is 2.55. The highest BCUT2D eigenvalue weighted by atomic mass is 79.9. The van der Waals surface area contributed by atoms with Crippen LogP contribution in [0.2, 0.25) is 0 Å². The number of hydrogen-bond donors (Lipinski definition) is 1. The van der Waals surface area contributed by atoms with Crippen molar-refractivity contribution >= 4 is 47.9 Å². The molecule has 2 rings (SSSR count). The number of nitrogens with zero attached hydrogens (tertiary/aromatic N) is 1. The smallest absolute Gasteiger partial charge is 0.306 e. The molecule has 0 aliphatic carbocycles. The van der Waals surface area contributed by atoms with E-state index in [0.717, 1.165) is 4.47 Å². The number of rotatable bonds is 4. The Balaban J connectivity index is 2.16. The Bertz CT molecular complexity index is 641. The normalized spacial score (nSPS) is 18.6. The summed E-state index contributed by atoms with van der Waals surface area (Å²) in [6, 6.07) is 4.86. The molecule has 1 saturated heterocycles. The number of carboxylic acid groups (broad SMARTS) is 1. The van der Waals surface area contributed by atoms with E-state index in [4.69, 9.17) is 5.11 Å². The molecule has 1 fully saturated rings. The number of benzene rings is 1. The second kappa shape index (κ2) is 5.75. The molecule has 1 aliphatic rings. The van der Waals surface area contributed by atoms with Crippen molar-refractivity contribution in [1.29, 1.82) is 0 Å². The third-order valence-electron chi connectivity index (χ3n) is 3.48. The minimum absolute atomic E-state index is 0.128. The van der Waals surface area contributed by atoms with Gasteiger partial charge < -0.3 is 5.11 Å². The molecule has 8 heteroatoms. The molecule has 1 atom stereocenters. The van der Waals surface area contributed by atoms with Crippen LogP contribution < -0.4 is 0 Å². The standard InChI is InChI=1S/C12H13Br2NO4S/c1-7(12(16)17)8-5-15(6-8)20(18,19)11-3-2-9(13)4-10(11)14/h2-4,7-8H,5-6H2,1H3,(H,16,17). The van der Waals surface area contributed by atoms with Crippen molar-refractivity contribution < 1.29 is 18.3 Å². The summed E-state index contributed by atoms with van der Waals surface area (Å²) in [6.07, 6.45) is 0. The van der Waals surface area contributed by atoms with Gasteiger partial charge in [-0.1, -0.05) is 22.9 Å². The summed E-state index contributed by atoms with van der Waals surface area (Å²) in [6.45, 7) is 2.10. The van der Waals surface area contributed by atoms with Crippen LogP contribution in [0.5, 0.6) is 0 Å². The minimum Gasteiger partial charge on any atom is -0.481 e. The molecule has 0 aromatic heterocycles. The maximum atomic E-state index is 12.4. The number of carboxylic acids is 1. The number of hydrogen-bond acceptors (Lipinski definition) is 3. The molecule has 1 unspecified atom stereocenters. The number of carbonyl (C=O) groups is 1. The van der Waals surface area contributed by atoms with Crippen LogP contribution in [0.15, 0.2) is 32.0 Å². The third kappa shape index (κ3) is 2.93. The molecule has 1 aliphatic heterocycles. The lowest BCUT2D eigenvalue weighted by molar-refractivity contribution is -0.144. The van der Waals surface area contributed by atoms with Crippen molar-refractivity contribution in [2.45, 2.75) is 11.8 Å². The van der Waals surface area contributed by atoms with E-state index in [2.05, 4.69) is 31.9 Å². The first-order valence-electron chi connectivity index (χ1n) is 5.91. The van der Waals surface area contributed by atoms with Gasteiger partial charge in [0.25, 0.3) is 0 Å². The topological polar surface area (TPSA) is 74.7 Å². The minimum atomic E-state index is -3.57. The van der Waals surface area contributed by atoms with Crippen LogP contribution in [0, 0.1) is 11.8 Å². The van der Waals surface area contributed by atoms with Gasteiger partial charge in [-0.3, -0.25) is 4.79 Å². The molecule has 1 aromatic carbocycles. The van der Waals surface area contributed by atoms with Crippen LogP contribution in [0.1, 0.15) is 6.92 Å². The van der Waals surface area contributed by atoms with E-state index >= 15 is 0 Å². The zero-order valence-electron chi connectivity index (χ0n) is 10.6. The van der Waals surface area contributed by atoms with Gasteiger partial charge in [-0.25, -0.2) is 8.42 Å². The first-order chi connectivity index (χ1) is 9.23. The molecule has 1 heterocycles. The van der Waals surface area contributed by atoms with Crippen molar-refractivity contribution in [2.24, 2.45) is 11.8 Å². The lowest BCUT2D eigenvalue weighted by atomic mass is 9.89. The second-order valence-corrected chi connectivity index (χ2v) is 8.46. The molecule has 20 heavy (non-hydrogen) atoms. The molecule has 0 amide bonds. The monoisotopic (exact) mass is 425 g/mol. The summed E-state index contributed by atoms with van der Waals surface area (Å²) < 4.78 is 27.4. The summed E-state index contributed by atoms with van der Waals surface area (Å²) in [5.41, 5.74) is 0. The highest BCUT2D eigenvalue weighted by Crippen LogP contribution is 2.33. The molecule has 0 radical (unpaired) electrons. The van der Waals surface area contributed by atoms with E-state index in [9.17, 15) is 13.2 Å². The maximum Gasteiger partial charge on any atom is 0.306 e. The molecular formula is C12H13Br2NO4S.